The fraction of sp³-hybridized carbons (Fsp3) is 0.359. The van der Waals surface area contributed by atoms with Crippen molar-refractivity contribution in [2.45, 2.75) is 57.0 Å². The molecule has 2 aromatic carbocycles. The molecular formula is C39H41F3N10O6S. The summed E-state index contributed by atoms with van der Waals surface area (Å²) >= 11 is 0. The molecule has 310 valence electrons. The number of carbonyl (C=O) groups excluding carboxylic acids is 4. The fourth-order valence-corrected chi connectivity index (χ4v) is 7.93. The van der Waals surface area contributed by atoms with Crippen LogP contribution in [-0.4, -0.2) is 102 Å². The van der Waals surface area contributed by atoms with Crippen molar-refractivity contribution in [2.75, 3.05) is 53.3 Å². The molecule has 1 atom stereocenters. The van der Waals surface area contributed by atoms with E-state index in [2.05, 4.69) is 40.7 Å². The normalized spacial score (nSPS) is 17.6. The number of benzene rings is 2. The molecule has 0 spiro atoms. The fourth-order valence-electron chi connectivity index (χ4n) is 7.46. The van der Waals surface area contributed by atoms with Crippen LogP contribution in [0.4, 0.5) is 42.1 Å². The Morgan fingerprint density at radius 3 is 2.32 bits per heavy atom. The number of halogens is 3. The van der Waals surface area contributed by atoms with Gasteiger partial charge in [0.25, 0.3) is 11.8 Å². The number of carbonyl (C=O) groups is 4. The third-order valence-electron chi connectivity index (χ3n) is 10.7. The van der Waals surface area contributed by atoms with Gasteiger partial charge in [0.15, 0.2) is 0 Å². The zero-order valence-corrected chi connectivity index (χ0v) is 33.1. The molecule has 59 heavy (non-hydrogen) atoms. The van der Waals surface area contributed by atoms with Crippen LogP contribution in [0.2, 0.25) is 0 Å². The summed E-state index contributed by atoms with van der Waals surface area (Å²) in [7, 11) is -0.368. The lowest BCUT2D eigenvalue weighted by atomic mass is 10.0. The summed E-state index contributed by atoms with van der Waals surface area (Å²) in [5, 5.41) is 7.85. The van der Waals surface area contributed by atoms with Gasteiger partial charge in [-0.25, -0.2) is 18.4 Å². The number of piperidine rings is 2. The minimum Gasteiger partial charge on any atom is -0.371 e. The number of nitrogens with one attached hydrogen (secondary N) is 3. The highest BCUT2D eigenvalue weighted by atomic mass is 32.2. The highest BCUT2D eigenvalue weighted by molar-refractivity contribution is 7.92. The van der Waals surface area contributed by atoms with E-state index in [0.29, 0.717) is 24.0 Å². The molecule has 3 N–H and O–H groups in total. The highest BCUT2D eigenvalue weighted by Crippen LogP contribution is 2.35. The van der Waals surface area contributed by atoms with Crippen molar-refractivity contribution < 1.29 is 40.8 Å². The number of sulfonamides is 1. The molecule has 3 aliphatic rings. The average molecular weight is 835 g/mol. The van der Waals surface area contributed by atoms with E-state index in [0.717, 1.165) is 52.6 Å². The summed E-state index contributed by atoms with van der Waals surface area (Å²) in [6.45, 7) is 1.85. The molecule has 1 unspecified atom stereocenters. The average Bonchev–Trinajstić information content (AvgIpc) is 3.44. The monoisotopic (exact) mass is 834 g/mol. The molecule has 20 heteroatoms. The van der Waals surface area contributed by atoms with Crippen molar-refractivity contribution in [3.8, 4) is 0 Å². The predicted molar refractivity (Wildman–Crippen MR) is 211 cm³/mol. The van der Waals surface area contributed by atoms with E-state index in [1.54, 1.807) is 36.4 Å². The van der Waals surface area contributed by atoms with Crippen molar-refractivity contribution >= 4 is 62.6 Å². The van der Waals surface area contributed by atoms with Crippen LogP contribution in [0, 0.1) is 0 Å². The number of aromatic nitrogens is 3. The number of nitrogens with zero attached hydrogens (tertiary/aromatic N) is 7. The first-order valence-corrected chi connectivity index (χ1v) is 20.6. The molecule has 0 bridgehead atoms. The number of amides is 4. The van der Waals surface area contributed by atoms with Crippen LogP contribution in [0.1, 0.15) is 63.1 Å². The van der Waals surface area contributed by atoms with E-state index in [-0.39, 0.29) is 48.3 Å². The number of fused-ring (bicyclic) bond motifs is 1. The van der Waals surface area contributed by atoms with Gasteiger partial charge < -0.3 is 15.5 Å². The first kappa shape index (κ1) is 41.0. The summed E-state index contributed by atoms with van der Waals surface area (Å²) in [6, 6.07) is 14.8. The Balaban J connectivity index is 0.946. The zero-order chi connectivity index (χ0) is 42.2. The third-order valence-corrected chi connectivity index (χ3v) is 11.9. The number of imide groups is 2. The Kier molecular flexibility index (Phi) is 11.3. The minimum atomic E-state index is -4.76. The minimum absolute atomic E-state index is 0.0518. The Morgan fingerprint density at radius 1 is 0.932 bits per heavy atom. The maximum Gasteiger partial charge on any atom is 0.421 e. The van der Waals surface area contributed by atoms with Crippen LogP contribution in [0.3, 0.4) is 0 Å². The third kappa shape index (κ3) is 8.82. The van der Waals surface area contributed by atoms with Gasteiger partial charge in [0.2, 0.25) is 27.8 Å². The van der Waals surface area contributed by atoms with Crippen LogP contribution in [0.15, 0.2) is 67.0 Å². The molecule has 2 saturated heterocycles. The molecule has 0 aliphatic carbocycles. The summed E-state index contributed by atoms with van der Waals surface area (Å²) in [5.74, 6) is -2.67. The Labute approximate surface area is 337 Å². The van der Waals surface area contributed by atoms with Gasteiger partial charge in [-0.05, 0) is 74.3 Å². The standard InChI is InChI=1S/C39H41F3N10O6S/c1-49(22-23-6-11-28-29(19-23)37(56)52(36(28)55)31-12-13-32(53)47-35(31)54)26-14-17-51(18-15-26)27-9-7-25(8-10-27)46-38-45-21-30(39(40,41)42)33(48-38)44-20-24-5-4-16-43-34(24)50(2)59(3,57)58/h4-11,16,19,21,26,31H,12-15,17-18,20,22H2,1-3H3,(H,47,53,54)(H2,44,45,46,48). The second kappa shape index (κ2) is 16.2. The molecule has 3 aliphatic heterocycles. The molecule has 2 aromatic heterocycles. The second-order valence-electron chi connectivity index (χ2n) is 14.7. The number of rotatable bonds is 12. The first-order chi connectivity index (χ1) is 28.0. The van der Waals surface area contributed by atoms with Crippen LogP contribution in [-0.2, 0) is 38.9 Å². The van der Waals surface area contributed by atoms with E-state index in [9.17, 15) is 40.8 Å². The summed E-state index contributed by atoms with van der Waals surface area (Å²) < 4.78 is 67.0. The quantitative estimate of drug-likeness (QED) is 0.173. The Morgan fingerprint density at radius 2 is 1.64 bits per heavy atom. The SMILES string of the molecule is CN(Cc1ccc2c(c1)C(=O)N(C1CCC(=O)NC1=O)C2=O)C1CCN(c2ccc(Nc3ncc(C(F)(F)F)c(NCc4cccnc4N(C)S(C)(=O)=O)n3)cc2)CC1. The van der Waals surface area contributed by atoms with Gasteiger partial charge >= 0.3 is 6.18 Å². The lowest BCUT2D eigenvalue weighted by molar-refractivity contribution is -0.138. The molecule has 7 rings (SSSR count). The van der Waals surface area contributed by atoms with Crippen molar-refractivity contribution in [3.63, 3.8) is 0 Å². The molecule has 2 fully saturated rings. The lowest BCUT2D eigenvalue weighted by Gasteiger charge is -2.38. The van der Waals surface area contributed by atoms with E-state index in [1.807, 2.05) is 25.2 Å². The van der Waals surface area contributed by atoms with Crippen LogP contribution in [0.5, 0.6) is 0 Å². The smallest absolute Gasteiger partial charge is 0.371 e. The maximum absolute atomic E-state index is 13.9. The van der Waals surface area contributed by atoms with Gasteiger partial charge in [0.1, 0.15) is 23.2 Å². The molecule has 0 saturated carbocycles. The van der Waals surface area contributed by atoms with Crippen LogP contribution >= 0.6 is 0 Å². The van der Waals surface area contributed by atoms with Gasteiger partial charge in [0, 0.05) is 75.0 Å². The number of alkyl halides is 3. The molecule has 5 heterocycles. The molecule has 4 aromatic rings. The molecule has 4 amide bonds. The second-order valence-corrected chi connectivity index (χ2v) is 16.7. The van der Waals surface area contributed by atoms with E-state index in [4.69, 9.17) is 0 Å². The topological polar surface area (TPSA) is 190 Å². The molecule has 16 nitrogen and oxygen atoms in total. The number of anilines is 5. The van der Waals surface area contributed by atoms with Gasteiger partial charge in [-0.3, -0.25) is 38.6 Å². The van der Waals surface area contributed by atoms with Gasteiger partial charge in [-0.1, -0.05) is 12.1 Å². The summed E-state index contributed by atoms with van der Waals surface area (Å²) in [5.41, 5.74) is 2.09. The van der Waals surface area contributed by atoms with Crippen molar-refractivity contribution in [2.24, 2.45) is 0 Å². The van der Waals surface area contributed by atoms with Crippen molar-refractivity contribution in [3.05, 3.63) is 94.8 Å². The number of pyridine rings is 1. The Hall–Kier alpha value is -6.15. The van der Waals surface area contributed by atoms with Crippen molar-refractivity contribution in [1.82, 2.24) is 30.1 Å². The Bertz CT molecular complexity index is 2410. The highest BCUT2D eigenvalue weighted by Gasteiger charge is 2.44. The van der Waals surface area contributed by atoms with Crippen molar-refractivity contribution in [1.29, 1.82) is 0 Å². The zero-order valence-electron chi connectivity index (χ0n) is 32.3. The predicted octanol–water partition coefficient (Wildman–Crippen LogP) is 4.14. The number of hydrogen-bond donors (Lipinski definition) is 3. The van der Waals surface area contributed by atoms with Gasteiger partial charge in [-0.15, -0.1) is 0 Å². The van der Waals surface area contributed by atoms with Gasteiger partial charge in [0.05, 0.1) is 17.4 Å². The molecular weight excluding hydrogens is 794 g/mol. The van der Waals surface area contributed by atoms with E-state index >= 15 is 0 Å². The van der Waals surface area contributed by atoms with E-state index < -0.39 is 57.3 Å². The van der Waals surface area contributed by atoms with E-state index in [1.165, 1.54) is 13.2 Å². The molecule has 0 radical (unpaired) electrons. The number of hydrogen-bond acceptors (Lipinski definition) is 13. The van der Waals surface area contributed by atoms with Crippen LogP contribution < -0.4 is 25.2 Å². The summed E-state index contributed by atoms with van der Waals surface area (Å²) in [4.78, 5) is 67.9. The van der Waals surface area contributed by atoms with Gasteiger partial charge in [-0.2, -0.15) is 18.2 Å². The first-order valence-electron chi connectivity index (χ1n) is 18.7. The summed E-state index contributed by atoms with van der Waals surface area (Å²) in [6.07, 6.45) is 0.147. The largest absolute Gasteiger partial charge is 0.421 e. The lowest BCUT2D eigenvalue weighted by Crippen LogP contribution is -2.54. The van der Waals surface area contributed by atoms with Crippen LogP contribution in [0.25, 0.3) is 0 Å². The maximum atomic E-state index is 13.9.